The Bertz CT molecular complexity index is 219. The van der Waals surface area contributed by atoms with Crippen molar-refractivity contribution in [2.24, 2.45) is 11.8 Å². The lowest BCUT2D eigenvalue weighted by Gasteiger charge is -2.32. The number of likely N-dealkylation sites (tertiary alicyclic amines) is 1. The number of rotatable bonds is 5. The van der Waals surface area contributed by atoms with Crippen molar-refractivity contribution in [1.82, 2.24) is 10.2 Å². The molecule has 16 heavy (non-hydrogen) atoms. The number of piperidine rings is 1. The molecule has 1 heterocycles. The van der Waals surface area contributed by atoms with Gasteiger partial charge in [-0.25, -0.2) is 0 Å². The van der Waals surface area contributed by atoms with Gasteiger partial charge in [0.25, 0.3) is 0 Å². The lowest BCUT2D eigenvalue weighted by molar-refractivity contribution is -0.128. The number of nitrogens with zero attached hydrogens (tertiary/aromatic N) is 1. The van der Waals surface area contributed by atoms with Crippen LogP contribution in [0.25, 0.3) is 0 Å². The molecule has 94 valence electrons. The van der Waals surface area contributed by atoms with Crippen molar-refractivity contribution in [3.8, 4) is 0 Å². The van der Waals surface area contributed by atoms with Gasteiger partial charge in [0.1, 0.15) is 6.73 Å². The summed E-state index contributed by atoms with van der Waals surface area (Å²) in [5.41, 5.74) is 0. The second-order valence-corrected chi connectivity index (χ2v) is 4.97. The summed E-state index contributed by atoms with van der Waals surface area (Å²) in [6.45, 7) is 7.87. The summed E-state index contributed by atoms with van der Waals surface area (Å²) in [6, 6.07) is 0. The van der Waals surface area contributed by atoms with Crippen LogP contribution in [0.1, 0.15) is 26.7 Å². The summed E-state index contributed by atoms with van der Waals surface area (Å²) in [6.07, 6.45) is 2.13. The Labute approximate surface area is 98.3 Å². The Hall–Kier alpha value is -0.610. The van der Waals surface area contributed by atoms with Gasteiger partial charge >= 0.3 is 0 Å². The Morgan fingerprint density at radius 3 is 2.94 bits per heavy atom. The molecule has 1 rings (SSSR count). The van der Waals surface area contributed by atoms with Crippen molar-refractivity contribution < 1.29 is 9.53 Å². The third-order valence-electron chi connectivity index (χ3n) is 2.89. The normalized spacial score (nSPS) is 22.4. The molecular weight excluding hydrogens is 204 g/mol. The number of hydrogen-bond acceptors (Lipinski definition) is 3. The van der Waals surface area contributed by atoms with E-state index in [1.807, 2.05) is 0 Å². The monoisotopic (exact) mass is 228 g/mol. The molecule has 4 heteroatoms. The standard InChI is InChI=1S/C12H24N2O2/c1-10(2)7-14-6-4-5-11(8-14)12(15)13-9-16-3/h10-11H,4-9H2,1-3H3,(H,13,15). The number of carbonyl (C=O) groups is 1. The largest absolute Gasteiger partial charge is 0.364 e. The van der Waals surface area contributed by atoms with Crippen molar-refractivity contribution in [2.45, 2.75) is 26.7 Å². The summed E-state index contributed by atoms with van der Waals surface area (Å²) in [4.78, 5) is 14.2. The van der Waals surface area contributed by atoms with Gasteiger partial charge in [0, 0.05) is 20.2 Å². The van der Waals surface area contributed by atoms with Gasteiger partial charge in [0.15, 0.2) is 0 Å². The number of methoxy groups -OCH3 is 1. The average Bonchev–Trinajstić information content (AvgIpc) is 2.25. The molecule has 0 aromatic rings. The molecule has 1 fully saturated rings. The lowest BCUT2D eigenvalue weighted by atomic mass is 9.96. The summed E-state index contributed by atoms with van der Waals surface area (Å²) in [5, 5.41) is 2.79. The molecule has 0 spiro atoms. The van der Waals surface area contributed by atoms with Gasteiger partial charge in [-0.05, 0) is 25.3 Å². The van der Waals surface area contributed by atoms with Crippen LogP contribution in [-0.2, 0) is 9.53 Å². The summed E-state index contributed by atoms with van der Waals surface area (Å²) in [7, 11) is 1.59. The number of amides is 1. The van der Waals surface area contributed by atoms with Crippen LogP contribution in [0.2, 0.25) is 0 Å². The van der Waals surface area contributed by atoms with Crippen molar-refractivity contribution in [1.29, 1.82) is 0 Å². The van der Waals surface area contributed by atoms with E-state index < -0.39 is 0 Å². The summed E-state index contributed by atoms with van der Waals surface area (Å²) in [5.74, 6) is 0.943. The van der Waals surface area contributed by atoms with Crippen LogP contribution in [0.4, 0.5) is 0 Å². The van der Waals surface area contributed by atoms with Crippen molar-refractivity contribution in [3.63, 3.8) is 0 Å². The Kier molecular flexibility index (Phi) is 5.77. The second-order valence-electron chi connectivity index (χ2n) is 4.97. The molecule has 0 aromatic heterocycles. The van der Waals surface area contributed by atoms with E-state index in [4.69, 9.17) is 4.74 Å². The third-order valence-corrected chi connectivity index (χ3v) is 2.89. The van der Waals surface area contributed by atoms with E-state index >= 15 is 0 Å². The molecule has 1 N–H and O–H groups in total. The van der Waals surface area contributed by atoms with E-state index in [1.165, 1.54) is 0 Å². The van der Waals surface area contributed by atoms with Gasteiger partial charge in [-0.15, -0.1) is 0 Å². The highest BCUT2D eigenvalue weighted by Crippen LogP contribution is 2.17. The first-order chi connectivity index (χ1) is 7.63. The number of nitrogens with one attached hydrogen (secondary N) is 1. The topological polar surface area (TPSA) is 41.6 Å². The molecule has 1 unspecified atom stereocenters. The van der Waals surface area contributed by atoms with Crippen LogP contribution in [0, 0.1) is 11.8 Å². The average molecular weight is 228 g/mol. The van der Waals surface area contributed by atoms with E-state index in [9.17, 15) is 4.79 Å². The van der Waals surface area contributed by atoms with Crippen molar-refractivity contribution >= 4 is 5.91 Å². The van der Waals surface area contributed by atoms with Crippen LogP contribution < -0.4 is 5.32 Å². The predicted molar refractivity (Wildman–Crippen MR) is 64.0 cm³/mol. The lowest BCUT2D eigenvalue weighted by Crippen LogP contribution is -2.44. The van der Waals surface area contributed by atoms with Crippen LogP contribution in [-0.4, -0.2) is 44.3 Å². The quantitative estimate of drug-likeness (QED) is 0.716. The Morgan fingerprint density at radius 1 is 1.56 bits per heavy atom. The zero-order valence-electron chi connectivity index (χ0n) is 10.7. The highest BCUT2D eigenvalue weighted by molar-refractivity contribution is 5.78. The summed E-state index contributed by atoms with van der Waals surface area (Å²) >= 11 is 0. The van der Waals surface area contributed by atoms with Crippen molar-refractivity contribution in [3.05, 3.63) is 0 Å². The molecule has 0 aliphatic carbocycles. The minimum absolute atomic E-state index is 0.135. The molecular formula is C12H24N2O2. The maximum Gasteiger partial charge on any atom is 0.226 e. The number of ether oxygens (including phenoxy) is 1. The molecule has 1 saturated heterocycles. The van der Waals surface area contributed by atoms with Crippen LogP contribution in [0.5, 0.6) is 0 Å². The van der Waals surface area contributed by atoms with E-state index in [2.05, 4.69) is 24.1 Å². The van der Waals surface area contributed by atoms with E-state index in [0.29, 0.717) is 12.6 Å². The molecule has 0 saturated carbocycles. The van der Waals surface area contributed by atoms with Crippen LogP contribution in [0.3, 0.4) is 0 Å². The van der Waals surface area contributed by atoms with Gasteiger partial charge < -0.3 is 15.0 Å². The molecule has 0 aromatic carbocycles. The third kappa shape index (κ3) is 4.49. The smallest absolute Gasteiger partial charge is 0.226 e. The highest BCUT2D eigenvalue weighted by atomic mass is 16.5. The molecule has 0 radical (unpaired) electrons. The number of hydrogen-bond donors (Lipinski definition) is 1. The first-order valence-corrected chi connectivity index (χ1v) is 6.12. The van der Waals surface area contributed by atoms with Crippen LogP contribution >= 0.6 is 0 Å². The maximum absolute atomic E-state index is 11.8. The van der Waals surface area contributed by atoms with E-state index in [-0.39, 0.29) is 11.8 Å². The van der Waals surface area contributed by atoms with Crippen LogP contribution in [0.15, 0.2) is 0 Å². The van der Waals surface area contributed by atoms with Gasteiger partial charge in [0.2, 0.25) is 5.91 Å². The predicted octanol–water partition coefficient (Wildman–Crippen LogP) is 1.07. The maximum atomic E-state index is 11.8. The molecule has 4 nitrogen and oxygen atoms in total. The minimum Gasteiger partial charge on any atom is -0.364 e. The first-order valence-electron chi connectivity index (χ1n) is 6.12. The van der Waals surface area contributed by atoms with Crippen molar-refractivity contribution in [2.75, 3.05) is 33.5 Å². The molecule has 1 aliphatic heterocycles. The molecule has 1 atom stereocenters. The van der Waals surface area contributed by atoms with Gasteiger partial charge in [0.05, 0.1) is 5.92 Å². The first kappa shape index (κ1) is 13.5. The molecule has 0 bridgehead atoms. The second kappa shape index (κ2) is 6.86. The zero-order valence-corrected chi connectivity index (χ0v) is 10.7. The fourth-order valence-corrected chi connectivity index (χ4v) is 2.24. The van der Waals surface area contributed by atoms with E-state index in [0.717, 1.165) is 32.5 Å². The SMILES string of the molecule is COCNC(=O)C1CCCN(CC(C)C)C1. The Balaban J connectivity index is 2.34. The van der Waals surface area contributed by atoms with Gasteiger partial charge in [-0.2, -0.15) is 0 Å². The fraction of sp³-hybridized carbons (Fsp3) is 0.917. The van der Waals surface area contributed by atoms with E-state index in [1.54, 1.807) is 7.11 Å². The molecule has 1 aliphatic rings. The Morgan fingerprint density at radius 2 is 2.31 bits per heavy atom. The fourth-order valence-electron chi connectivity index (χ4n) is 2.24. The van der Waals surface area contributed by atoms with Gasteiger partial charge in [-0.3, -0.25) is 4.79 Å². The highest BCUT2D eigenvalue weighted by Gasteiger charge is 2.25. The van der Waals surface area contributed by atoms with Gasteiger partial charge in [-0.1, -0.05) is 13.8 Å². The minimum atomic E-state index is 0.135. The zero-order chi connectivity index (χ0) is 12.0. The molecule has 1 amide bonds. The number of carbonyl (C=O) groups excluding carboxylic acids is 1. The summed E-state index contributed by atoms with van der Waals surface area (Å²) < 4.78 is 4.85.